The van der Waals surface area contributed by atoms with E-state index in [0.717, 1.165) is 50.8 Å². The molecule has 3 rings (SSSR count). The van der Waals surface area contributed by atoms with E-state index in [-0.39, 0.29) is 17.7 Å². The first-order valence-electron chi connectivity index (χ1n) is 7.16. The number of hydrogen-bond donors (Lipinski definition) is 0. The van der Waals surface area contributed by atoms with Gasteiger partial charge in [-0.1, -0.05) is 6.42 Å². The summed E-state index contributed by atoms with van der Waals surface area (Å²) in [5.74, 6) is -0.0945. The first-order chi connectivity index (χ1) is 8.78. The predicted octanol–water partition coefficient (Wildman–Crippen LogP) is 2.26. The van der Waals surface area contributed by atoms with Crippen molar-refractivity contribution in [2.75, 3.05) is 13.2 Å². The van der Waals surface area contributed by atoms with Crippen LogP contribution in [-0.4, -0.2) is 36.5 Å². The minimum Gasteiger partial charge on any atom is -0.453 e. The van der Waals surface area contributed by atoms with Gasteiger partial charge in [-0.3, -0.25) is 9.79 Å². The normalized spacial score (nSPS) is 33.2. The Balaban J connectivity index is 1.71. The van der Waals surface area contributed by atoms with E-state index in [2.05, 4.69) is 4.99 Å². The standard InChI is InChI=1S/C14H21NO3/c16-13-9-12(15-10-11-5-4-8-17-11)14(18-13)6-2-1-3-7-14/h11H,1-10H2/t11-/m0/s1. The number of esters is 1. The summed E-state index contributed by atoms with van der Waals surface area (Å²) in [6.07, 6.45) is 8.35. The third kappa shape index (κ3) is 2.30. The highest BCUT2D eigenvalue weighted by Gasteiger charge is 2.46. The maximum Gasteiger partial charge on any atom is 0.312 e. The molecular formula is C14H21NO3. The summed E-state index contributed by atoms with van der Waals surface area (Å²) in [6.45, 7) is 1.56. The Hall–Kier alpha value is -0.900. The minimum absolute atomic E-state index is 0.0945. The highest BCUT2D eigenvalue weighted by atomic mass is 16.6. The molecule has 4 nitrogen and oxygen atoms in total. The van der Waals surface area contributed by atoms with E-state index in [1.807, 2.05) is 0 Å². The van der Waals surface area contributed by atoms with Crippen molar-refractivity contribution in [1.29, 1.82) is 0 Å². The first kappa shape index (κ1) is 12.2. The molecule has 2 saturated heterocycles. The number of ether oxygens (including phenoxy) is 2. The van der Waals surface area contributed by atoms with Crippen molar-refractivity contribution in [2.24, 2.45) is 4.99 Å². The maximum atomic E-state index is 11.6. The van der Waals surface area contributed by atoms with Gasteiger partial charge in [0.1, 0.15) is 0 Å². The van der Waals surface area contributed by atoms with Gasteiger partial charge in [-0.25, -0.2) is 0 Å². The van der Waals surface area contributed by atoms with Gasteiger partial charge >= 0.3 is 5.97 Å². The Kier molecular flexibility index (Phi) is 3.37. The van der Waals surface area contributed by atoms with Crippen molar-refractivity contribution in [1.82, 2.24) is 0 Å². The fraction of sp³-hybridized carbons (Fsp3) is 0.857. The molecule has 3 aliphatic rings. The Morgan fingerprint density at radius 2 is 2.06 bits per heavy atom. The van der Waals surface area contributed by atoms with Gasteiger partial charge in [0.05, 0.1) is 24.8 Å². The van der Waals surface area contributed by atoms with Crippen molar-refractivity contribution in [3.8, 4) is 0 Å². The molecular weight excluding hydrogens is 230 g/mol. The minimum atomic E-state index is -0.339. The third-order valence-corrected chi connectivity index (χ3v) is 4.32. The molecule has 0 unspecified atom stereocenters. The molecule has 2 aliphatic heterocycles. The number of aliphatic imine (C=N–C) groups is 1. The third-order valence-electron chi connectivity index (χ3n) is 4.32. The van der Waals surface area contributed by atoms with Gasteiger partial charge in [0.15, 0.2) is 5.60 Å². The number of nitrogens with zero attached hydrogens (tertiary/aromatic N) is 1. The van der Waals surface area contributed by atoms with Gasteiger partial charge in [-0.2, -0.15) is 0 Å². The van der Waals surface area contributed by atoms with E-state index in [9.17, 15) is 4.79 Å². The number of carbonyl (C=O) groups excluding carboxylic acids is 1. The first-order valence-corrected chi connectivity index (χ1v) is 7.16. The molecule has 0 aromatic carbocycles. The second kappa shape index (κ2) is 5.00. The largest absolute Gasteiger partial charge is 0.453 e. The Labute approximate surface area is 108 Å². The zero-order valence-corrected chi connectivity index (χ0v) is 10.8. The summed E-state index contributed by atoms with van der Waals surface area (Å²) in [5.41, 5.74) is 0.649. The maximum absolute atomic E-state index is 11.6. The number of hydrogen-bond acceptors (Lipinski definition) is 4. The molecule has 4 heteroatoms. The second-order valence-corrected chi connectivity index (χ2v) is 5.63. The average molecular weight is 251 g/mol. The van der Waals surface area contributed by atoms with Gasteiger partial charge in [0.25, 0.3) is 0 Å². The highest BCUT2D eigenvalue weighted by molar-refractivity contribution is 6.09. The summed E-state index contributed by atoms with van der Waals surface area (Å²) in [7, 11) is 0. The van der Waals surface area contributed by atoms with Crippen LogP contribution >= 0.6 is 0 Å². The molecule has 1 saturated carbocycles. The van der Waals surface area contributed by atoms with E-state index in [0.29, 0.717) is 13.0 Å². The molecule has 0 aromatic heterocycles. The fourth-order valence-corrected chi connectivity index (χ4v) is 3.32. The summed E-state index contributed by atoms with van der Waals surface area (Å²) < 4.78 is 11.2. The zero-order valence-electron chi connectivity index (χ0n) is 10.8. The van der Waals surface area contributed by atoms with Gasteiger partial charge in [-0.05, 0) is 38.5 Å². The van der Waals surface area contributed by atoms with Crippen LogP contribution in [-0.2, 0) is 14.3 Å². The zero-order chi connectivity index (χ0) is 12.4. The molecule has 100 valence electrons. The van der Waals surface area contributed by atoms with Crippen molar-refractivity contribution in [3.63, 3.8) is 0 Å². The van der Waals surface area contributed by atoms with Gasteiger partial charge in [0, 0.05) is 6.61 Å². The van der Waals surface area contributed by atoms with E-state index >= 15 is 0 Å². The summed E-state index contributed by atoms with van der Waals surface area (Å²) in [6, 6.07) is 0. The van der Waals surface area contributed by atoms with Gasteiger partial charge in [0.2, 0.25) is 0 Å². The van der Waals surface area contributed by atoms with Crippen LogP contribution < -0.4 is 0 Å². The van der Waals surface area contributed by atoms with Crippen molar-refractivity contribution >= 4 is 11.7 Å². The molecule has 2 heterocycles. The van der Waals surface area contributed by atoms with E-state index in [1.54, 1.807) is 0 Å². The van der Waals surface area contributed by atoms with Crippen LogP contribution in [0.4, 0.5) is 0 Å². The Morgan fingerprint density at radius 3 is 2.78 bits per heavy atom. The summed E-state index contributed by atoms with van der Waals surface area (Å²) >= 11 is 0. The lowest BCUT2D eigenvalue weighted by molar-refractivity contribution is -0.148. The van der Waals surface area contributed by atoms with E-state index in [4.69, 9.17) is 9.47 Å². The van der Waals surface area contributed by atoms with Crippen LogP contribution in [0.5, 0.6) is 0 Å². The molecule has 0 N–H and O–H groups in total. The van der Waals surface area contributed by atoms with Gasteiger partial charge < -0.3 is 9.47 Å². The molecule has 0 amide bonds. The van der Waals surface area contributed by atoms with Crippen molar-refractivity contribution < 1.29 is 14.3 Å². The Bertz CT molecular complexity index is 352. The molecule has 1 atom stereocenters. The molecule has 0 aromatic rings. The van der Waals surface area contributed by atoms with E-state index < -0.39 is 0 Å². The molecule has 3 fully saturated rings. The van der Waals surface area contributed by atoms with Crippen LogP contribution in [0.1, 0.15) is 51.4 Å². The lowest BCUT2D eigenvalue weighted by Crippen LogP contribution is -2.38. The molecule has 0 radical (unpaired) electrons. The smallest absolute Gasteiger partial charge is 0.312 e. The Morgan fingerprint density at radius 1 is 1.22 bits per heavy atom. The number of carbonyl (C=O) groups is 1. The topological polar surface area (TPSA) is 47.9 Å². The lowest BCUT2D eigenvalue weighted by Gasteiger charge is -2.32. The molecule has 0 bridgehead atoms. The molecule has 1 aliphatic carbocycles. The summed E-state index contributed by atoms with van der Waals surface area (Å²) in [5, 5.41) is 0. The SMILES string of the molecule is O=C1CC(=NC[C@@H]2CCCO2)C2(CCCCC2)O1. The molecule has 1 spiro atoms. The van der Waals surface area contributed by atoms with Crippen LogP contribution in [0.25, 0.3) is 0 Å². The van der Waals surface area contributed by atoms with Crippen molar-refractivity contribution in [2.45, 2.75) is 63.1 Å². The average Bonchev–Trinajstić information content (AvgIpc) is 2.97. The molecule has 18 heavy (non-hydrogen) atoms. The van der Waals surface area contributed by atoms with Gasteiger partial charge in [-0.15, -0.1) is 0 Å². The van der Waals surface area contributed by atoms with Crippen LogP contribution in [0.15, 0.2) is 4.99 Å². The highest BCUT2D eigenvalue weighted by Crippen LogP contribution is 2.38. The monoisotopic (exact) mass is 251 g/mol. The van der Waals surface area contributed by atoms with Crippen LogP contribution in [0, 0.1) is 0 Å². The predicted molar refractivity (Wildman–Crippen MR) is 67.8 cm³/mol. The fourth-order valence-electron chi connectivity index (χ4n) is 3.32. The number of rotatable bonds is 2. The van der Waals surface area contributed by atoms with E-state index in [1.165, 1.54) is 6.42 Å². The lowest BCUT2D eigenvalue weighted by atomic mass is 9.81. The van der Waals surface area contributed by atoms with Crippen molar-refractivity contribution in [3.05, 3.63) is 0 Å². The summed E-state index contributed by atoms with van der Waals surface area (Å²) in [4.78, 5) is 16.3. The quantitative estimate of drug-likeness (QED) is 0.707. The van der Waals surface area contributed by atoms with Crippen LogP contribution in [0.2, 0.25) is 0 Å². The van der Waals surface area contributed by atoms with Crippen LogP contribution in [0.3, 0.4) is 0 Å². The second-order valence-electron chi connectivity index (χ2n) is 5.63.